The second kappa shape index (κ2) is 7.81. The monoisotopic (exact) mass is 311 g/mol. The van der Waals surface area contributed by atoms with Crippen LogP contribution in [-0.4, -0.2) is 33.7 Å². The van der Waals surface area contributed by atoms with Gasteiger partial charge in [-0.3, -0.25) is 4.68 Å². The zero-order valence-electron chi connectivity index (χ0n) is 13.8. The molecule has 1 aliphatic heterocycles. The summed E-state index contributed by atoms with van der Waals surface area (Å²) in [7, 11) is 0. The molecule has 0 radical (unpaired) electrons. The Morgan fingerprint density at radius 2 is 1.91 bits per heavy atom. The van der Waals surface area contributed by atoms with Crippen molar-refractivity contribution in [3.8, 4) is 0 Å². The second-order valence-corrected chi connectivity index (χ2v) is 5.84. The molecule has 122 valence electrons. The second-order valence-electron chi connectivity index (χ2n) is 5.84. The topological polar surface area (TPSA) is 45.5 Å². The van der Waals surface area contributed by atoms with Gasteiger partial charge in [-0.2, -0.15) is 5.10 Å². The minimum absolute atomic E-state index is 0.610. The standard InChI is InChI=1S/C18H25N5/c1-2-23-14-11-17(21-23)15-19-18(22-12-7-4-8-13-22)20-16-9-5-3-6-10-16/h3,5-6,9-11,14H,2,4,7-8,12-13,15H2,1H3,(H,19,20). The minimum atomic E-state index is 0.610. The Balaban J connectivity index is 1.74. The van der Waals surface area contributed by atoms with E-state index in [1.54, 1.807) is 0 Å². The molecule has 1 aromatic heterocycles. The third-order valence-electron chi connectivity index (χ3n) is 4.10. The number of guanidine groups is 1. The maximum atomic E-state index is 4.82. The van der Waals surface area contributed by atoms with Gasteiger partial charge in [0.25, 0.3) is 0 Å². The molecule has 1 saturated heterocycles. The van der Waals surface area contributed by atoms with Crippen molar-refractivity contribution in [3.05, 3.63) is 48.3 Å². The third-order valence-corrected chi connectivity index (χ3v) is 4.10. The van der Waals surface area contributed by atoms with Crippen molar-refractivity contribution < 1.29 is 0 Å². The number of nitrogens with zero attached hydrogens (tertiary/aromatic N) is 4. The summed E-state index contributed by atoms with van der Waals surface area (Å²) < 4.78 is 1.94. The van der Waals surface area contributed by atoms with Gasteiger partial charge < -0.3 is 10.2 Å². The summed E-state index contributed by atoms with van der Waals surface area (Å²) in [6, 6.07) is 12.3. The molecule has 0 atom stereocenters. The number of aliphatic imine (C=N–C) groups is 1. The molecule has 0 bridgehead atoms. The largest absolute Gasteiger partial charge is 0.343 e. The normalized spacial score (nSPS) is 15.7. The van der Waals surface area contributed by atoms with E-state index in [2.05, 4.69) is 34.4 Å². The zero-order valence-corrected chi connectivity index (χ0v) is 13.8. The van der Waals surface area contributed by atoms with Gasteiger partial charge in [0.1, 0.15) is 0 Å². The van der Waals surface area contributed by atoms with Crippen molar-refractivity contribution in [3.63, 3.8) is 0 Å². The van der Waals surface area contributed by atoms with Gasteiger partial charge in [0.2, 0.25) is 0 Å². The molecule has 1 fully saturated rings. The van der Waals surface area contributed by atoms with Gasteiger partial charge in [-0.25, -0.2) is 4.99 Å². The number of piperidine rings is 1. The van der Waals surface area contributed by atoms with E-state index in [0.717, 1.165) is 37.0 Å². The number of anilines is 1. The Bertz CT molecular complexity index is 626. The van der Waals surface area contributed by atoms with Crippen molar-refractivity contribution in [1.29, 1.82) is 0 Å². The number of hydrogen-bond donors (Lipinski definition) is 1. The highest BCUT2D eigenvalue weighted by molar-refractivity contribution is 5.93. The molecule has 0 unspecified atom stereocenters. The van der Waals surface area contributed by atoms with Crippen LogP contribution in [0.2, 0.25) is 0 Å². The van der Waals surface area contributed by atoms with Crippen LogP contribution in [0.15, 0.2) is 47.6 Å². The van der Waals surface area contributed by atoms with Gasteiger partial charge in [0.05, 0.1) is 12.2 Å². The third kappa shape index (κ3) is 4.34. The lowest BCUT2D eigenvalue weighted by Gasteiger charge is -2.30. The number of para-hydroxylation sites is 1. The van der Waals surface area contributed by atoms with E-state index in [1.807, 2.05) is 35.1 Å². The molecule has 5 nitrogen and oxygen atoms in total. The fourth-order valence-corrected chi connectivity index (χ4v) is 2.79. The zero-order chi connectivity index (χ0) is 15.9. The lowest BCUT2D eigenvalue weighted by Crippen LogP contribution is -2.40. The maximum Gasteiger partial charge on any atom is 0.198 e. The fraction of sp³-hybridized carbons (Fsp3) is 0.444. The molecule has 5 heteroatoms. The van der Waals surface area contributed by atoms with Crippen molar-refractivity contribution in [2.24, 2.45) is 4.99 Å². The van der Waals surface area contributed by atoms with Crippen LogP contribution in [-0.2, 0) is 13.1 Å². The molecule has 2 heterocycles. The fourth-order valence-electron chi connectivity index (χ4n) is 2.79. The highest BCUT2D eigenvalue weighted by atomic mass is 15.3. The van der Waals surface area contributed by atoms with E-state index in [-0.39, 0.29) is 0 Å². The molecule has 0 saturated carbocycles. The van der Waals surface area contributed by atoms with Gasteiger partial charge in [-0.15, -0.1) is 0 Å². The maximum absolute atomic E-state index is 4.82. The van der Waals surface area contributed by atoms with Crippen molar-refractivity contribution >= 4 is 11.6 Å². The van der Waals surface area contributed by atoms with E-state index in [0.29, 0.717) is 6.54 Å². The Morgan fingerprint density at radius 1 is 1.13 bits per heavy atom. The predicted octanol–water partition coefficient (Wildman–Crippen LogP) is 3.36. The summed E-state index contributed by atoms with van der Waals surface area (Å²) in [5, 5.41) is 8.00. The number of nitrogens with one attached hydrogen (secondary N) is 1. The van der Waals surface area contributed by atoms with Gasteiger partial charge in [-0.1, -0.05) is 18.2 Å². The van der Waals surface area contributed by atoms with Crippen LogP contribution in [0.3, 0.4) is 0 Å². The van der Waals surface area contributed by atoms with Gasteiger partial charge in [-0.05, 0) is 44.4 Å². The van der Waals surface area contributed by atoms with E-state index >= 15 is 0 Å². The Kier molecular flexibility index (Phi) is 5.29. The van der Waals surface area contributed by atoms with E-state index in [1.165, 1.54) is 19.3 Å². The van der Waals surface area contributed by atoms with Crippen LogP contribution in [0.25, 0.3) is 0 Å². The number of aryl methyl sites for hydroxylation is 1. The Hall–Kier alpha value is -2.30. The van der Waals surface area contributed by atoms with Crippen LogP contribution < -0.4 is 5.32 Å². The van der Waals surface area contributed by atoms with Gasteiger partial charge in [0.15, 0.2) is 5.96 Å². The molecule has 1 N–H and O–H groups in total. The van der Waals surface area contributed by atoms with Crippen molar-refractivity contribution in [2.75, 3.05) is 18.4 Å². The SMILES string of the molecule is CCn1ccc(CN=C(Nc2ccccc2)N2CCCCC2)n1. The first-order chi connectivity index (χ1) is 11.3. The molecular weight excluding hydrogens is 286 g/mol. The summed E-state index contributed by atoms with van der Waals surface area (Å²) in [4.78, 5) is 7.17. The summed E-state index contributed by atoms with van der Waals surface area (Å²) in [6.07, 6.45) is 5.80. The predicted molar refractivity (Wildman–Crippen MR) is 94.5 cm³/mol. The van der Waals surface area contributed by atoms with Crippen LogP contribution >= 0.6 is 0 Å². The van der Waals surface area contributed by atoms with Crippen molar-refractivity contribution in [1.82, 2.24) is 14.7 Å². The van der Waals surface area contributed by atoms with Crippen LogP contribution in [0, 0.1) is 0 Å². The Labute approximate surface area is 138 Å². The average molecular weight is 311 g/mol. The smallest absolute Gasteiger partial charge is 0.198 e. The molecule has 3 rings (SSSR count). The number of aromatic nitrogens is 2. The lowest BCUT2D eigenvalue weighted by atomic mass is 10.1. The lowest BCUT2D eigenvalue weighted by molar-refractivity contribution is 0.340. The highest BCUT2D eigenvalue weighted by Crippen LogP contribution is 2.13. The molecule has 0 aliphatic carbocycles. The first-order valence-electron chi connectivity index (χ1n) is 8.49. The van der Waals surface area contributed by atoms with Crippen LogP contribution in [0.1, 0.15) is 31.9 Å². The van der Waals surface area contributed by atoms with Gasteiger partial charge >= 0.3 is 0 Å². The molecule has 0 spiro atoms. The number of hydrogen-bond acceptors (Lipinski definition) is 2. The first kappa shape index (κ1) is 15.6. The highest BCUT2D eigenvalue weighted by Gasteiger charge is 2.15. The molecule has 1 aliphatic rings. The summed E-state index contributed by atoms with van der Waals surface area (Å²) in [6.45, 7) is 5.74. The average Bonchev–Trinajstić information content (AvgIpc) is 3.08. The Morgan fingerprint density at radius 3 is 2.61 bits per heavy atom. The summed E-state index contributed by atoms with van der Waals surface area (Å²) in [5.74, 6) is 0.960. The van der Waals surface area contributed by atoms with E-state index in [4.69, 9.17) is 4.99 Å². The number of benzene rings is 1. The summed E-state index contributed by atoms with van der Waals surface area (Å²) in [5.41, 5.74) is 2.09. The van der Waals surface area contributed by atoms with Crippen molar-refractivity contribution in [2.45, 2.75) is 39.3 Å². The van der Waals surface area contributed by atoms with Crippen LogP contribution in [0.5, 0.6) is 0 Å². The number of likely N-dealkylation sites (tertiary alicyclic amines) is 1. The minimum Gasteiger partial charge on any atom is -0.343 e. The molecule has 23 heavy (non-hydrogen) atoms. The quantitative estimate of drug-likeness (QED) is 0.695. The molecular formula is C18H25N5. The van der Waals surface area contributed by atoms with Crippen LogP contribution in [0.4, 0.5) is 5.69 Å². The molecule has 0 amide bonds. The summed E-state index contributed by atoms with van der Waals surface area (Å²) >= 11 is 0. The molecule has 1 aromatic carbocycles. The van der Waals surface area contributed by atoms with E-state index in [9.17, 15) is 0 Å². The first-order valence-corrected chi connectivity index (χ1v) is 8.49. The number of rotatable bonds is 4. The molecule has 2 aromatic rings. The van der Waals surface area contributed by atoms with Gasteiger partial charge in [0, 0.05) is 31.5 Å². The van der Waals surface area contributed by atoms with E-state index < -0.39 is 0 Å².